The summed E-state index contributed by atoms with van der Waals surface area (Å²) in [4.78, 5) is 0. The van der Waals surface area contributed by atoms with Crippen LogP contribution >= 0.6 is 11.1 Å². The van der Waals surface area contributed by atoms with Gasteiger partial charge in [0.2, 0.25) is 0 Å². The van der Waals surface area contributed by atoms with Crippen molar-refractivity contribution in [3.8, 4) is 0 Å². The molecule has 2 rings (SSSR count). The Kier molecular flexibility index (Phi) is 1.72. The third kappa shape index (κ3) is 1.08. The first-order chi connectivity index (χ1) is 5.42. The summed E-state index contributed by atoms with van der Waals surface area (Å²) in [6.07, 6.45) is 2.01. The molecule has 1 aromatic carbocycles. The van der Waals surface area contributed by atoms with Crippen LogP contribution in [-0.4, -0.2) is 13.2 Å². The number of aromatic nitrogens is 1. The van der Waals surface area contributed by atoms with Gasteiger partial charge in [0.1, 0.15) is 0 Å². The first-order valence-electron chi connectivity index (χ1n) is 3.34. The highest BCUT2D eigenvalue weighted by atomic mass is 35.6. The smallest absolute Gasteiger partial charge is 0.315 e. The van der Waals surface area contributed by atoms with E-state index in [1.54, 1.807) is 0 Å². The normalized spacial score (nSPS) is 10.6. The van der Waals surface area contributed by atoms with Gasteiger partial charge in [0, 0.05) is 5.52 Å². The van der Waals surface area contributed by atoms with Crippen LogP contribution in [-0.2, 0) is 0 Å². The minimum atomic E-state index is 0.297. The Hall–Kier alpha value is -0.733. The number of fused-ring (bicyclic) bond motifs is 1. The van der Waals surface area contributed by atoms with E-state index in [2.05, 4.69) is 18.2 Å². The summed E-state index contributed by atoms with van der Waals surface area (Å²) in [7, 11) is 0.297. The molecule has 0 aliphatic carbocycles. The van der Waals surface area contributed by atoms with E-state index in [-0.39, 0.29) is 0 Å². The molecular weight excluding hydrogens is 174 g/mol. The first-order valence-corrected chi connectivity index (χ1v) is 5.30. The van der Waals surface area contributed by atoms with Gasteiger partial charge in [-0.15, -0.1) is 11.1 Å². The van der Waals surface area contributed by atoms with E-state index in [0.29, 0.717) is 8.99 Å². The Bertz CT molecular complexity index is 369. The lowest BCUT2D eigenvalue weighted by molar-refractivity contribution is 1.32. The second kappa shape index (κ2) is 2.72. The molecule has 0 N–H and O–H groups in total. The van der Waals surface area contributed by atoms with E-state index >= 15 is 0 Å². The lowest BCUT2D eigenvalue weighted by atomic mass is 10.3. The van der Waals surface area contributed by atoms with E-state index in [9.17, 15) is 0 Å². The van der Waals surface area contributed by atoms with Crippen LogP contribution in [0.4, 0.5) is 0 Å². The molecule has 0 saturated carbocycles. The Labute approximate surface area is 72.2 Å². The fourth-order valence-electron chi connectivity index (χ4n) is 1.16. The van der Waals surface area contributed by atoms with E-state index in [1.165, 1.54) is 10.9 Å². The molecule has 0 spiro atoms. The number of para-hydroxylation sites is 1. The summed E-state index contributed by atoms with van der Waals surface area (Å²) in [5.41, 5.74) is 1.21. The van der Waals surface area contributed by atoms with Gasteiger partial charge in [0.15, 0.2) is 0 Å². The molecule has 2 aromatic rings. The van der Waals surface area contributed by atoms with Gasteiger partial charge in [0.25, 0.3) is 0 Å². The number of halogens is 1. The molecule has 11 heavy (non-hydrogen) atoms. The van der Waals surface area contributed by atoms with E-state index in [4.69, 9.17) is 11.1 Å². The van der Waals surface area contributed by atoms with Gasteiger partial charge in [0.05, 0.1) is 0 Å². The summed E-state index contributed by atoms with van der Waals surface area (Å²) in [6, 6.07) is 10.3. The number of hydrogen-bond donors (Lipinski definition) is 0. The van der Waals surface area contributed by atoms with Crippen LogP contribution in [0.15, 0.2) is 36.5 Å². The van der Waals surface area contributed by atoms with E-state index < -0.39 is 0 Å². The highest BCUT2D eigenvalue weighted by molar-refractivity contribution is 6.93. The largest absolute Gasteiger partial charge is 0.361 e. The fourth-order valence-corrected chi connectivity index (χ4v) is 2.02. The van der Waals surface area contributed by atoms with Gasteiger partial charge in [-0.3, -0.25) is 0 Å². The number of benzene rings is 1. The van der Waals surface area contributed by atoms with Crippen molar-refractivity contribution in [2.45, 2.75) is 0 Å². The number of nitrogens with zero attached hydrogens (tertiary/aromatic N) is 1. The van der Waals surface area contributed by atoms with Crippen LogP contribution in [0.25, 0.3) is 10.9 Å². The quantitative estimate of drug-likeness (QED) is 0.468. The number of rotatable bonds is 1. The lowest BCUT2D eigenvalue weighted by Crippen LogP contribution is -1.95. The van der Waals surface area contributed by atoms with Crippen LogP contribution in [0.3, 0.4) is 0 Å². The van der Waals surface area contributed by atoms with Crippen molar-refractivity contribution >= 4 is 31.0 Å². The van der Waals surface area contributed by atoms with Gasteiger partial charge < -0.3 is 4.23 Å². The Balaban J connectivity index is 2.76. The van der Waals surface area contributed by atoms with Crippen molar-refractivity contribution in [1.29, 1.82) is 0 Å². The molecule has 1 nitrogen and oxygen atoms in total. The highest BCUT2D eigenvalue weighted by Crippen LogP contribution is 2.13. The highest BCUT2D eigenvalue weighted by Gasteiger charge is 1.97. The van der Waals surface area contributed by atoms with Crippen LogP contribution in [0.5, 0.6) is 0 Å². The predicted molar refractivity (Wildman–Crippen MR) is 48.9 cm³/mol. The minimum Gasteiger partial charge on any atom is -0.361 e. The zero-order valence-corrected chi connectivity index (χ0v) is 7.55. The molecule has 0 aliphatic rings. The minimum absolute atomic E-state index is 0.297. The summed E-state index contributed by atoms with van der Waals surface area (Å²) < 4.78 is 2.04. The standard InChI is InChI=1S/C8H6ClNSi/c9-11-10-6-5-7-3-1-2-4-8(7)10/h1-6H. The van der Waals surface area contributed by atoms with E-state index in [0.717, 1.165) is 0 Å². The monoisotopic (exact) mass is 179 g/mol. The molecule has 1 aromatic heterocycles. The Morgan fingerprint density at radius 1 is 1.18 bits per heavy atom. The summed E-state index contributed by atoms with van der Waals surface area (Å²) in [5.74, 6) is 0. The lowest BCUT2D eigenvalue weighted by Gasteiger charge is -1.95. The van der Waals surface area contributed by atoms with E-state index in [1.807, 2.05) is 22.6 Å². The van der Waals surface area contributed by atoms with Crippen LogP contribution < -0.4 is 0 Å². The molecule has 0 bridgehead atoms. The van der Waals surface area contributed by atoms with Gasteiger partial charge in [-0.05, 0) is 23.7 Å². The molecule has 0 fully saturated rings. The van der Waals surface area contributed by atoms with Crippen molar-refractivity contribution in [1.82, 2.24) is 4.23 Å². The SMILES string of the molecule is Cl[Si]n1ccc2ccccc21. The summed E-state index contributed by atoms with van der Waals surface area (Å²) in [6.45, 7) is 0. The average Bonchev–Trinajstić information content (AvgIpc) is 2.47. The van der Waals surface area contributed by atoms with Crippen molar-refractivity contribution in [2.75, 3.05) is 0 Å². The maximum atomic E-state index is 5.74. The van der Waals surface area contributed by atoms with Crippen molar-refractivity contribution in [3.05, 3.63) is 36.5 Å². The molecule has 0 unspecified atom stereocenters. The molecule has 1 heterocycles. The average molecular weight is 180 g/mol. The zero-order valence-electron chi connectivity index (χ0n) is 5.79. The van der Waals surface area contributed by atoms with Crippen molar-refractivity contribution in [2.24, 2.45) is 0 Å². The molecule has 0 saturated heterocycles. The number of hydrogen-bond acceptors (Lipinski definition) is 0. The fraction of sp³-hybridized carbons (Fsp3) is 0. The second-order valence-corrected chi connectivity index (χ2v) is 3.49. The van der Waals surface area contributed by atoms with Gasteiger partial charge >= 0.3 is 8.99 Å². The van der Waals surface area contributed by atoms with Crippen molar-refractivity contribution < 1.29 is 0 Å². The maximum Gasteiger partial charge on any atom is 0.315 e. The Morgan fingerprint density at radius 2 is 2.00 bits per heavy atom. The summed E-state index contributed by atoms with van der Waals surface area (Å²) >= 11 is 5.74. The molecule has 0 amide bonds. The van der Waals surface area contributed by atoms with Crippen molar-refractivity contribution in [3.63, 3.8) is 0 Å². The molecule has 0 atom stereocenters. The van der Waals surface area contributed by atoms with Gasteiger partial charge in [-0.25, -0.2) is 0 Å². The van der Waals surface area contributed by atoms with Gasteiger partial charge in [-0.2, -0.15) is 0 Å². The topological polar surface area (TPSA) is 4.93 Å². The first kappa shape index (κ1) is 6.95. The van der Waals surface area contributed by atoms with Crippen LogP contribution in [0.2, 0.25) is 0 Å². The Morgan fingerprint density at radius 3 is 2.82 bits per heavy atom. The molecule has 3 heteroatoms. The molecule has 0 aliphatic heterocycles. The molecule has 2 radical (unpaired) electrons. The third-order valence-corrected chi connectivity index (χ3v) is 2.81. The zero-order chi connectivity index (χ0) is 7.68. The van der Waals surface area contributed by atoms with Gasteiger partial charge in [-0.1, -0.05) is 18.2 Å². The van der Waals surface area contributed by atoms with Crippen LogP contribution in [0, 0.1) is 0 Å². The van der Waals surface area contributed by atoms with Crippen LogP contribution in [0.1, 0.15) is 0 Å². The molecule has 54 valence electrons. The predicted octanol–water partition coefficient (Wildman–Crippen LogP) is 2.26. The second-order valence-electron chi connectivity index (χ2n) is 2.33. The summed E-state index contributed by atoms with van der Waals surface area (Å²) in [5, 5.41) is 1.25. The maximum absolute atomic E-state index is 5.74. The third-order valence-electron chi connectivity index (χ3n) is 1.69. The molecular formula is C8H6ClNSi.